The first-order valence-electron chi connectivity index (χ1n) is 9.73. The van der Waals surface area contributed by atoms with E-state index in [4.69, 9.17) is 5.73 Å². The molecule has 2 aromatic rings. The summed E-state index contributed by atoms with van der Waals surface area (Å²) < 4.78 is 0. The molecule has 4 rings (SSSR count). The summed E-state index contributed by atoms with van der Waals surface area (Å²) in [5, 5.41) is 1.40. The van der Waals surface area contributed by atoms with E-state index in [1.165, 1.54) is 22.0 Å². The quantitative estimate of drug-likeness (QED) is 0.816. The van der Waals surface area contributed by atoms with E-state index in [-0.39, 0.29) is 11.4 Å². The number of ketones is 1. The molecule has 26 heavy (non-hydrogen) atoms. The van der Waals surface area contributed by atoms with Crippen LogP contribution in [-0.4, -0.2) is 45.9 Å². The van der Waals surface area contributed by atoms with E-state index in [0.717, 1.165) is 38.1 Å². The van der Waals surface area contributed by atoms with Crippen molar-refractivity contribution in [3.63, 3.8) is 0 Å². The fourth-order valence-corrected chi connectivity index (χ4v) is 6.01. The number of thioether (sulfide) groups is 1. The van der Waals surface area contributed by atoms with Crippen LogP contribution in [0.1, 0.15) is 43.7 Å². The number of carbonyl (C=O) groups is 1. The Morgan fingerprint density at radius 3 is 3.08 bits per heavy atom. The van der Waals surface area contributed by atoms with Gasteiger partial charge in [-0.3, -0.25) is 9.69 Å². The number of hydrogen-bond donors (Lipinski definition) is 2. The summed E-state index contributed by atoms with van der Waals surface area (Å²) in [4.78, 5) is 17.3. The van der Waals surface area contributed by atoms with E-state index in [9.17, 15) is 4.79 Å². The Bertz CT molecular complexity index is 817. The minimum atomic E-state index is -0.290. The number of piperidine rings is 1. The van der Waals surface area contributed by atoms with Gasteiger partial charge in [-0.1, -0.05) is 19.1 Å². The second-order valence-electron chi connectivity index (χ2n) is 8.07. The fourth-order valence-electron chi connectivity index (χ4n) is 5.03. The predicted octanol–water partition coefficient (Wildman–Crippen LogP) is 3.52. The number of rotatable bonds is 6. The molecule has 1 aliphatic heterocycles. The number of fused-ring (bicyclic) bond motifs is 2. The summed E-state index contributed by atoms with van der Waals surface area (Å²) in [5.41, 5.74) is 10.8. The maximum absolute atomic E-state index is 11.3. The molecule has 0 spiro atoms. The van der Waals surface area contributed by atoms with Crippen LogP contribution in [0.25, 0.3) is 10.9 Å². The Labute approximate surface area is 159 Å². The highest BCUT2D eigenvalue weighted by Gasteiger charge is 2.49. The number of nitrogens with zero attached hydrogens (tertiary/aromatic N) is 1. The van der Waals surface area contributed by atoms with Gasteiger partial charge in [0.05, 0.1) is 11.4 Å². The van der Waals surface area contributed by atoms with Gasteiger partial charge < -0.3 is 10.7 Å². The van der Waals surface area contributed by atoms with Crippen molar-refractivity contribution in [1.82, 2.24) is 9.88 Å². The van der Waals surface area contributed by atoms with Crippen molar-refractivity contribution in [2.75, 3.05) is 24.6 Å². The van der Waals surface area contributed by atoms with Crippen molar-refractivity contribution in [3.05, 3.63) is 35.5 Å². The second-order valence-corrected chi connectivity index (χ2v) is 9.10. The van der Waals surface area contributed by atoms with E-state index in [1.54, 1.807) is 18.7 Å². The average Bonchev–Trinajstić information content (AvgIpc) is 3.00. The zero-order valence-corrected chi connectivity index (χ0v) is 16.6. The Morgan fingerprint density at radius 2 is 2.31 bits per heavy atom. The number of likely N-dealkylation sites (tertiary alicyclic amines) is 1. The van der Waals surface area contributed by atoms with Crippen LogP contribution in [0.5, 0.6) is 0 Å². The van der Waals surface area contributed by atoms with E-state index in [0.29, 0.717) is 17.6 Å². The molecule has 2 heterocycles. The van der Waals surface area contributed by atoms with E-state index in [2.05, 4.69) is 41.2 Å². The minimum absolute atomic E-state index is 0.267. The predicted molar refractivity (Wildman–Crippen MR) is 110 cm³/mol. The number of H-pyrrole nitrogens is 1. The molecular formula is C21H29N3OS. The smallest absolute Gasteiger partial charge is 0.139 e. The zero-order chi connectivity index (χ0) is 18.3. The molecule has 0 saturated carbocycles. The number of carbonyl (C=O) groups excluding carboxylic acids is 1. The largest absolute Gasteiger partial charge is 0.361 e. The third-order valence-electron chi connectivity index (χ3n) is 6.06. The van der Waals surface area contributed by atoms with Gasteiger partial charge >= 0.3 is 0 Å². The zero-order valence-electron chi connectivity index (χ0n) is 15.8. The maximum Gasteiger partial charge on any atom is 0.139 e. The summed E-state index contributed by atoms with van der Waals surface area (Å²) in [6.45, 7) is 5.99. The Hall–Kier alpha value is -1.30. The van der Waals surface area contributed by atoms with Gasteiger partial charge in [-0.25, -0.2) is 0 Å². The first kappa shape index (κ1) is 18.1. The normalized spacial score (nSPS) is 28.3. The van der Waals surface area contributed by atoms with E-state index < -0.39 is 0 Å². The lowest BCUT2D eigenvalue weighted by Gasteiger charge is -2.54. The van der Waals surface area contributed by atoms with Crippen LogP contribution in [0, 0.1) is 5.92 Å². The standard InChI is InChI=1S/C21H29N3OS/c1-3-7-24-11-15(13-26-12-14(2)25)8-18-17-5-4-6-19-20(17)16(10-23-19)9-21(18,24)22/h4-6,10,15,18,23H,3,7-9,11-13,22H2,1-2H3/t15-,18?,21-/m1/s1. The summed E-state index contributed by atoms with van der Waals surface area (Å²) in [5.74, 6) is 2.88. The molecule has 0 bridgehead atoms. The number of nitrogens with one attached hydrogen (secondary N) is 1. The van der Waals surface area contributed by atoms with Crippen LogP contribution in [0.4, 0.5) is 0 Å². The van der Waals surface area contributed by atoms with Crippen LogP contribution in [-0.2, 0) is 11.2 Å². The third-order valence-corrected chi connectivity index (χ3v) is 7.38. The van der Waals surface area contributed by atoms with E-state index in [1.807, 2.05) is 0 Å². The summed E-state index contributed by atoms with van der Waals surface area (Å²) in [7, 11) is 0. The lowest BCUT2D eigenvalue weighted by atomic mass is 9.68. The first-order valence-corrected chi connectivity index (χ1v) is 10.9. The summed E-state index contributed by atoms with van der Waals surface area (Å²) in [6, 6.07) is 6.60. The lowest BCUT2D eigenvalue weighted by Crippen LogP contribution is -2.66. The Balaban J connectivity index is 1.67. The number of aromatic amines is 1. The van der Waals surface area contributed by atoms with Crippen molar-refractivity contribution < 1.29 is 4.79 Å². The van der Waals surface area contributed by atoms with Crippen molar-refractivity contribution in [1.29, 1.82) is 0 Å². The van der Waals surface area contributed by atoms with Gasteiger partial charge in [-0.2, -0.15) is 11.8 Å². The number of hydrogen-bond acceptors (Lipinski definition) is 4. The van der Waals surface area contributed by atoms with Crippen molar-refractivity contribution in [2.24, 2.45) is 11.7 Å². The molecule has 4 nitrogen and oxygen atoms in total. The molecule has 1 saturated heterocycles. The minimum Gasteiger partial charge on any atom is -0.361 e. The molecule has 3 N–H and O–H groups in total. The molecule has 3 atom stereocenters. The maximum atomic E-state index is 11.3. The number of nitrogens with two attached hydrogens (primary N) is 1. The molecule has 0 amide bonds. The van der Waals surface area contributed by atoms with Gasteiger partial charge in [0.2, 0.25) is 0 Å². The van der Waals surface area contributed by atoms with Gasteiger partial charge in [-0.05, 0) is 55.2 Å². The lowest BCUT2D eigenvalue weighted by molar-refractivity contribution is -0.114. The Kier molecular flexibility index (Phi) is 4.88. The second kappa shape index (κ2) is 7.02. The molecule has 1 fully saturated rings. The van der Waals surface area contributed by atoms with Gasteiger partial charge in [0.25, 0.3) is 0 Å². The molecule has 1 aliphatic carbocycles. The number of Topliss-reactive ketones (excluding diaryl/α,β-unsaturated/α-hetero) is 1. The third kappa shape index (κ3) is 3.00. The van der Waals surface area contributed by atoms with Gasteiger partial charge in [0.15, 0.2) is 0 Å². The summed E-state index contributed by atoms with van der Waals surface area (Å²) >= 11 is 1.78. The summed E-state index contributed by atoms with van der Waals surface area (Å²) in [6.07, 6.45) is 5.30. The van der Waals surface area contributed by atoms with E-state index >= 15 is 0 Å². The number of aromatic nitrogens is 1. The first-order chi connectivity index (χ1) is 12.5. The molecular weight excluding hydrogens is 342 g/mol. The molecule has 5 heteroatoms. The molecule has 1 aromatic heterocycles. The molecule has 1 unspecified atom stereocenters. The van der Waals surface area contributed by atoms with Gasteiger partial charge in [-0.15, -0.1) is 0 Å². The molecule has 2 aliphatic rings. The molecule has 1 aromatic carbocycles. The van der Waals surface area contributed by atoms with Crippen LogP contribution in [0.3, 0.4) is 0 Å². The molecule has 140 valence electrons. The van der Waals surface area contributed by atoms with Crippen LogP contribution in [0.15, 0.2) is 24.4 Å². The highest BCUT2D eigenvalue weighted by molar-refractivity contribution is 7.99. The fraction of sp³-hybridized carbons (Fsp3) is 0.571. The van der Waals surface area contributed by atoms with Crippen LogP contribution >= 0.6 is 11.8 Å². The van der Waals surface area contributed by atoms with Crippen molar-refractivity contribution in [3.8, 4) is 0 Å². The van der Waals surface area contributed by atoms with Gasteiger partial charge in [0, 0.05) is 36.0 Å². The topological polar surface area (TPSA) is 62.1 Å². The van der Waals surface area contributed by atoms with Crippen LogP contribution < -0.4 is 5.73 Å². The average molecular weight is 372 g/mol. The van der Waals surface area contributed by atoms with Crippen molar-refractivity contribution >= 4 is 28.4 Å². The van der Waals surface area contributed by atoms with Gasteiger partial charge in [0.1, 0.15) is 5.78 Å². The SMILES string of the molecule is CCCN1C[C@H](CSCC(C)=O)CC2c3cccc4[nH]cc(c34)C[C@]21N. The Morgan fingerprint density at radius 1 is 1.46 bits per heavy atom. The van der Waals surface area contributed by atoms with Crippen molar-refractivity contribution in [2.45, 2.75) is 44.7 Å². The monoisotopic (exact) mass is 371 g/mol. The molecule has 0 radical (unpaired) electrons. The number of benzene rings is 1. The highest BCUT2D eigenvalue weighted by Crippen LogP contribution is 2.48. The van der Waals surface area contributed by atoms with Crippen LogP contribution in [0.2, 0.25) is 0 Å². The highest BCUT2D eigenvalue weighted by atomic mass is 32.2.